The summed E-state index contributed by atoms with van der Waals surface area (Å²) >= 11 is 0. The highest BCUT2D eigenvalue weighted by molar-refractivity contribution is 4.83. The summed E-state index contributed by atoms with van der Waals surface area (Å²) in [6.45, 7) is 6.64. The second-order valence-electron chi connectivity index (χ2n) is 6.15. The summed E-state index contributed by atoms with van der Waals surface area (Å²) in [5, 5.41) is 3.58. The molecular formula is C15H30N2O. The number of rotatable bonds is 5. The van der Waals surface area contributed by atoms with Gasteiger partial charge in [-0.05, 0) is 59.0 Å². The maximum Gasteiger partial charge on any atom is 0.0706 e. The lowest BCUT2D eigenvalue weighted by Crippen LogP contribution is -2.43. The molecule has 106 valence electrons. The highest BCUT2D eigenvalue weighted by atomic mass is 16.5. The smallest absolute Gasteiger partial charge is 0.0706 e. The van der Waals surface area contributed by atoms with Gasteiger partial charge in [0.1, 0.15) is 0 Å². The van der Waals surface area contributed by atoms with Crippen LogP contribution in [-0.4, -0.2) is 49.3 Å². The molecule has 0 radical (unpaired) electrons. The summed E-state index contributed by atoms with van der Waals surface area (Å²) in [5.74, 6) is 0. The summed E-state index contributed by atoms with van der Waals surface area (Å²) in [6.07, 6.45) is 8.82. The normalized spacial score (nSPS) is 37.3. The van der Waals surface area contributed by atoms with E-state index in [2.05, 4.69) is 31.1 Å². The average Bonchev–Trinajstić information content (AvgIpc) is 2.76. The van der Waals surface area contributed by atoms with Crippen LogP contribution in [0.25, 0.3) is 0 Å². The fourth-order valence-corrected chi connectivity index (χ4v) is 3.50. The first-order chi connectivity index (χ1) is 8.69. The Morgan fingerprint density at radius 2 is 1.83 bits per heavy atom. The summed E-state index contributed by atoms with van der Waals surface area (Å²) in [6, 6.07) is 1.54. The van der Waals surface area contributed by atoms with Crippen LogP contribution in [0.1, 0.15) is 52.4 Å². The van der Waals surface area contributed by atoms with Crippen molar-refractivity contribution in [2.24, 2.45) is 0 Å². The van der Waals surface area contributed by atoms with Gasteiger partial charge in [0.2, 0.25) is 0 Å². The van der Waals surface area contributed by atoms with Gasteiger partial charge in [0, 0.05) is 18.6 Å². The monoisotopic (exact) mass is 254 g/mol. The maximum absolute atomic E-state index is 5.93. The summed E-state index contributed by atoms with van der Waals surface area (Å²) < 4.78 is 5.93. The van der Waals surface area contributed by atoms with Gasteiger partial charge in [0.05, 0.1) is 12.2 Å². The van der Waals surface area contributed by atoms with E-state index in [-0.39, 0.29) is 0 Å². The Labute approximate surface area is 112 Å². The predicted octanol–water partition coefficient (Wildman–Crippen LogP) is 2.41. The molecule has 0 aromatic rings. The third-order valence-corrected chi connectivity index (χ3v) is 4.62. The molecule has 0 aromatic heterocycles. The molecule has 0 spiro atoms. The summed E-state index contributed by atoms with van der Waals surface area (Å²) in [7, 11) is 2.28. The highest BCUT2D eigenvalue weighted by Crippen LogP contribution is 2.25. The Kier molecular flexibility index (Phi) is 5.46. The zero-order valence-corrected chi connectivity index (χ0v) is 12.3. The molecule has 2 unspecified atom stereocenters. The first-order valence-electron chi connectivity index (χ1n) is 7.78. The second-order valence-corrected chi connectivity index (χ2v) is 6.15. The third kappa shape index (κ3) is 3.94. The Balaban J connectivity index is 1.69. The van der Waals surface area contributed by atoms with E-state index in [4.69, 9.17) is 4.74 Å². The molecule has 1 aliphatic heterocycles. The van der Waals surface area contributed by atoms with Crippen molar-refractivity contribution in [2.45, 2.75) is 76.7 Å². The number of likely N-dealkylation sites (N-methyl/N-ethyl adjacent to an activating group) is 1. The van der Waals surface area contributed by atoms with E-state index in [1.807, 2.05) is 0 Å². The number of nitrogens with zero attached hydrogens (tertiary/aromatic N) is 1. The van der Waals surface area contributed by atoms with Gasteiger partial charge >= 0.3 is 0 Å². The van der Waals surface area contributed by atoms with E-state index in [1.54, 1.807) is 0 Å². The highest BCUT2D eigenvalue weighted by Gasteiger charge is 2.28. The van der Waals surface area contributed by atoms with Crippen LogP contribution in [0.5, 0.6) is 0 Å². The Hall–Kier alpha value is -0.120. The molecule has 18 heavy (non-hydrogen) atoms. The van der Waals surface area contributed by atoms with Crippen LogP contribution < -0.4 is 5.32 Å². The lowest BCUT2D eigenvalue weighted by Gasteiger charge is -2.36. The SMILES string of the molecule is CCNC1CCC(N(C)CC2CCC(C)O2)CC1. The molecular weight excluding hydrogens is 224 g/mol. The van der Waals surface area contributed by atoms with Gasteiger partial charge < -0.3 is 15.0 Å². The molecule has 0 amide bonds. The first-order valence-corrected chi connectivity index (χ1v) is 7.78. The van der Waals surface area contributed by atoms with Gasteiger partial charge in [0.25, 0.3) is 0 Å². The average molecular weight is 254 g/mol. The lowest BCUT2D eigenvalue weighted by atomic mass is 9.90. The van der Waals surface area contributed by atoms with Crippen LogP contribution in [-0.2, 0) is 4.74 Å². The Morgan fingerprint density at radius 1 is 1.11 bits per heavy atom. The molecule has 2 rings (SSSR count). The van der Waals surface area contributed by atoms with Gasteiger partial charge in [0.15, 0.2) is 0 Å². The maximum atomic E-state index is 5.93. The fourth-order valence-electron chi connectivity index (χ4n) is 3.50. The minimum Gasteiger partial charge on any atom is -0.374 e. The fraction of sp³-hybridized carbons (Fsp3) is 1.00. The molecule has 3 nitrogen and oxygen atoms in total. The molecule has 1 saturated carbocycles. The number of ether oxygens (including phenoxy) is 1. The molecule has 0 bridgehead atoms. The van der Waals surface area contributed by atoms with Crippen molar-refractivity contribution < 1.29 is 4.74 Å². The molecule has 2 atom stereocenters. The lowest BCUT2D eigenvalue weighted by molar-refractivity contribution is 0.0234. The minimum atomic E-state index is 0.480. The van der Waals surface area contributed by atoms with Crippen molar-refractivity contribution in [1.29, 1.82) is 0 Å². The van der Waals surface area contributed by atoms with Crippen LogP contribution in [0.3, 0.4) is 0 Å². The molecule has 1 heterocycles. The topological polar surface area (TPSA) is 24.5 Å². The van der Waals surface area contributed by atoms with Gasteiger partial charge in [-0.2, -0.15) is 0 Å². The summed E-state index contributed by atoms with van der Waals surface area (Å²) in [4.78, 5) is 2.55. The van der Waals surface area contributed by atoms with Gasteiger partial charge in [-0.15, -0.1) is 0 Å². The molecule has 1 saturated heterocycles. The quantitative estimate of drug-likeness (QED) is 0.815. The van der Waals surface area contributed by atoms with E-state index >= 15 is 0 Å². The van der Waals surface area contributed by atoms with Gasteiger partial charge in [-0.25, -0.2) is 0 Å². The molecule has 2 fully saturated rings. The van der Waals surface area contributed by atoms with Crippen LogP contribution in [0.4, 0.5) is 0 Å². The number of nitrogens with one attached hydrogen (secondary N) is 1. The summed E-state index contributed by atoms with van der Waals surface area (Å²) in [5.41, 5.74) is 0. The van der Waals surface area contributed by atoms with E-state index < -0.39 is 0 Å². The number of hydrogen-bond acceptors (Lipinski definition) is 3. The third-order valence-electron chi connectivity index (χ3n) is 4.62. The molecule has 3 heteroatoms. The van der Waals surface area contributed by atoms with E-state index in [0.29, 0.717) is 12.2 Å². The van der Waals surface area contributed by atoms with Crippen LogP contribution in [0.15, 0.2) is 0 Å². The molecule has 1 N–H and O–H groups in total. The Bertz CT molecular complexity index is 239. The van der Waals surface area contributed by atoms with E-state index in [0.717, 1.165) is 25.2 Å². The van der Waals surface area contributed by atoms with Crippen molar-refractivity contribution >= 4 is 0 Å². The second kappa shape index (κ2) is 6.88. The van der Waals surface area contributed by atoms with Crippen LogP contribution in [0, 0.1) is 0 Å². The van der Waals surface area contributed by atoms with Crippen molar-refractivity contribution in [1.82, 2.24) is 10.2 Å². The molecule has 0 aromatic carbocycles. The van der Waals surface area contributed by atoms with Crippen LogP contribution >= 0.6 is 0 Å². The predicted molar refractivity (Wildman–Crippen MR) is 75.9 cm³/mol. The van der Waals surface area contributed by atoms with Crippen LogP contribution in [0.2, 0.25) is 0 Å². The van der Waals surface area contributed by atoms with Crippen molar-refractivity contribution in [3.8, 4) is 0 Å². The van der Waals surface area contributed by atoms with E-state index in [1.165, 1.54) is 38.5 Å². The minimum absolute atomic E-state index is 0.480. The number of hydrogen-bond donors (Lipinski definition) is 1. The first kappa shape index (κ1) is 14.3. The van der Waals surface area contributed by atoms with Crippen molar-refractivity contribution in [2.75, 3.05) is 20.1 Å². The Morgan fingerprint density at radius 3 is 2.39 bits per heavy atom. The molecule has 1 aliphatic carbocycles. The van der Waals surface area contributed by atoms with Gasteiger partial charge in [-0.3, -0.25) is 0 Å². The molecule has 2 aliphatic rings. The van der Waals surface area contributed by atoms with E-state index in [9.17, 15) is 0 Å². The van der Waals surface area contributed by atoms with Crippen molar-refractivity contribution in [3.63, 3.8) is 0 Å². The van der Waals surface area contributed by atoms with Gasteiger partial charge in [-0.1, -0.05) is 6.92 Å². The van der Waals surface area contributed by atoms with Crippen molar-refractivity contribution in [3.05, 3.63) is 0 Å². The standard InChI is InChI=1S/C15H30N2O/c1-4-16-13-6-8-14(9-7-13)17(3)11-15-10-5-12(2)18-15/h12-16H,4-11H2,1-3H3. The zero-order valence-electron chi connectivity index (χ0n) is 12.3. The largest absolute Gasteiger partial charge is 0.374 e. The zero-order chi connectivity index (χ0) is 13.0.